The molecule has 0 fully saturated rings. The largest absolute Gasteiger partial charge is 0.495 e. The van der Waals surface area contributed by atoms with Gasteiger partial charge in [-0.15, -0.1) is 0 Å². The first-order valence-electron chi connectivity index (χ1n) is 12.8. The second-order valence-electron chi connectivity index (χ2n) is 8.63. The van der Waals surface area contributed by atoms with Crippen molar-refractivity contribution in [3.63, 3.8) is 0 Å². The monoisotopic (exact) mass is 515 g/mol. The average molecular weight is 516 g/mol. The highest BCUT2D eigenvalue weighted by Crippen LogP contribution is 2.35. The number of primary amides is 1. The van der Waals surface area contributed by atoms with Crippen LogP contribution in [0.2, 0.25) is 0 Å². The fourth-order valence-electron chi connectivity index (χ4n) is 3.88. The van der Waals surface area contributed by atoms with Crippen LogP contribution in [-0.4, -0.2) is 44.2 Å². The number of hydrogen-bond acceptors (Lipinski definition) is 5. The molecule has 0 saturated carbocycles. The molecular formula is C28H41N3O4S. The van der Waals surface area contributed by atoms with Gasteiger partial charge in [-0.25, -0.2) is 4.79 Å². The molecule has 0 aliphatic rings. The number of nitrogens with one attached hydrogen (secondary N) is 1. The van der Waals surface area contributed by atoms with E-state index in [-0.39, 0.29) is 5.91 Å². The molecule has 2 rings (SSSR count). The summed E-state index contributed by atoms with van der Waals surface area (Å²) in [7, 11) is 1.51. The summed E-state index contributed by atoms with van der Waals surface area (Å²) < 4.78 is 11.3. The van der Waals surface area contributed by atoms with Crippen molar-refractivity contribution in [2.45, 2.75) is 58.3 Å². The number of nitrogens with zero attached hydrogens (tertiary/aromatic N) is 1. The van der Waals surface area contributed by atoms with Crippen molar-refractivity contribution < 1.29 is 19.1 Å². The van der Waals surface area contributed by atoms with Gasteiger partial charge in [-0.3, -0.25) is 9.69 Å². The molecule has 198 valence electrons. The molecule has 0 aliphatic heterocycles. The molecule has 0 radical (unpaired) electrons. The normalized spacial score (nSPS) is 10.6. The Bertz CT molecular complexity index is 937. The first-order valence-corrected chi connectivity index (χ1v) is 14.2. The molecule has 0 atom stereocenters. The molecule has 7 nitrogen and oxygen atoms in total. The van der Waals surface area contributed by atoms with Gasteiger partial charge in [0.2, 0.25) is 0 Å². The van der Waals surface area contributed by atoms with Crippen molar-refractivity contribution >= 4 is 35.1 Å². The van der Waals surface area contributed by atoms with E-state index in [0.717, 1.165) is 17.9 Å². The Kier molecular flexibility index (Phi) is 13.7. The Morgan fingerprint density at radius 1 is 0.972 bits per heavy atom. The predicted molar refractivity (Wildman–Crippen MR) is 150 cm³/mol. The van der Waals surface area contributed by atoms with E-state index in [1.165, 1.54) is 57.0 Å². The van der Waals surface area contributed by atoms with Crippen molar-refractivity contribution in [3.8, 4) is 11.5 Å². The standard InChI is InChI=1S/C28H41N3O4S/c1-4-5-6-7-8-9-10-11-19-35-24-15-13-23(14-16-24)31(28(29)33)25-21-22(12-17-26(25)34-2)27(32)30-18-20-36-3/h12-17,21H,4-11,18-20H2,1-3H3,(H2,29,33)(H,30,32). The van der Waals surface area contributed by atoms with Gasteiger partial charge >= 0.3 is 6.03 Å². The summed E-state index contributed by atoms with van der Waals surface area (Å²) >= 11 is 1.65. The number of benzene rings is 2. The number of nitrogens with two attached hydrogens (primary N) is 1. The summed E-state index contributed by atoms with van der Waals surface area (Å²) in [5.74, 6) is 1.77. The number of methoxy groups -OCH3 is 1. The van der Waals surface area contributed by atoms with Crippen LogP contribution in [0.5, 0.6) is 11.5 Å². The second kappa shape index (κ2) is 16.7. The summed E-state index contributed by atoms with van der Waals surface area (Å²) in [5, 5.41) is 2.87. The van der Waals surface area contributed by atoms with E-state index in [9.17, 15) is 9.59 Å². The molecule has 8 heteroatoms. The summed E-state index contributed by atoms with van der Waals surface area (Å²) in [6, 6.07) is 11.5. The van der Waals surface area contributed by atoms with Gasteiger partial charge in [-0.1, -0.05) is 51.9 Å². The van der Waals surface area contributed by atoms with Gasteiger partial charge in [0.1, 0.15) is 11.5 Å². The van der Waals surface area contributed by atoms with Crippen molar-refractivity contribution in [3.05, 3.63) is 48.0 Å². The van der Waals surface area contributed by atoms with E-state index in [0.29, 0.717) is 35.8 Å². The lowest BCUT2D eigenvalue weighted by Crippen LogP contribution is -2.32. The van der Waals surface area contributed by atoms with Crippen molar-refractivity contribution in [2.75, 3.05) is 37.2 Å². The third kappa shape index (κ3) is 9.64. The van der Waals surface area contributed by atoms with Crippen LogP contribution < -0.4 is 25.4 Å². The van der Waals surface area contributed by atoms with Crippen LogP contribution in [0.4, 0.5) is 16.2 Å². The molecule has 2 aromatic carbocycles. The van der Waals surface area contributed by atoms with Gasteiger partial charge < -0.3 is 20.5 Å². The van der Waals surface area contributed by atoms with Crippen LogP contribution >= 0.6 is 11.8 Å². The summed E-state index contributed by atoms with van der Waals surface area (Å²) in [6.07, 6.45) is 12.0. The minimum Gasteiger partial charge on any atom is -0.495 e. The summed E-state index contributed by atoms with van der Waals surface area (Å²) in [4.78, 5) is 26.3. The highest BCUT2D eigenvalue weighted by atomic mass is 32.2. The number of thioether (sulfide) groups is 1. The zero-order valence-corrected chi connectivity index (χ0v) is 22.7. The van der Waals surface area contributed by atoms with Crippen LogP contribution in [0.15, 0.2) is 42.5 Å². The smallest absolute Gasteiger partial charge is 0.324 e. The van der Waals surface area contributed by atoms with E-state index in [1.807, 2.05) is 18.4 Å². The lowest BCUT2D eigenvalue weighted by Gasteiger charge is -2.23. The van der Waals surface area contributed by atoms with Gasteiger partial charge in [-0.2, -0.15) is 11.8 Å². The van der Waals surface area contributed by atoms with Crippen molar-refractivity contribution in [1.29, 1.82) is 0 Å². The third-order valence-corrected chi connectivity index (χ3v) is 6.47. The van der Waals surface area contributed by atoms with Gasteiger partial charge in [0.25, 0.3) is 5.91 Å². The van der Waals surface area contributed by atoms with E-state index in [2.05, 4.69) is 12.2 Å². The van der Waals surface area contributed by atoms with Crippen LogP contribution in [0, 0.1) is 0 Å². The molecule has 0 spiro atoms. The van der Waals surface area contributed by atoms with E-state index >= 15 is 0 Å². The minimum atomic E-state index is -0.680. The number of amides is 3. The SMILES string of the molecule is CCCCCCCCCCOc1ccc(N(C(N)=O)c2cc(C(=O)NCCSC)ccc2OC)cc1. The molecular weight excluding hydrogens is 474 g/mol. The van der Waals surface area contributed by atoms with E-state index < -0.39 is 6.03 Å². The first kappa shape index (κ1) is 29.4. The Morgan fingerprint density at radius 2 is 1.64 bits per heavy atom. The predicted octanol–water partition coefficient (Wildman–Crippen LogP) is 6.52. The fourth-order valence-corrected chi connectivity index (χ4v) is 4.18. The topological polar surface area (TPSA) is 93.9 Å². The molecule has 0 heterocycles. The van der Waals surface area contributed by atoms with Gasteiger partial charge in [0.05, 0.1) is 25.1 Å². The van der Waals surface area contributed by atoms with Crippen LogP contribution in [0.1, 0.15) is 68.6 Å². The van der Waals surface area contributed by atoms with E-state index in [4.69, 9.17) is 15.2 Å². The maximum Gasteiger partial charge on any atom is 0.324 e. The third-order valence-electron chi connectivity index (χ3n) is 5.86. The van der Waals surface area contributed by atoms with Crippen LogP contribution in [0.25, 0.3) is 0 Å². The van der Waals surface area contributed by atoms with Gasteiger partial charge in [-0.05, 0) is 55.1 Å². The van der Waals surface area contributed by atoms with Crippen LogP contribution in [-0.2, 0) is 0 Å². The molecule has 0 aromatic heterocycles. The molecule has 36 heavy (non-hydrogen) atoms. The molecule has 0 saturated heterocycles. The lowest BCUT2D eigenvalue weighted by molar-refractivity contribution is 0.0956. The summed E-state index contributed by atoms with van der Waals surface area (Å²) in [6.45, 7) is 3.45. The maximum absolute atomic E-state index is 12.6. The number of hydrogen-bond donors (Lipinski definition) is 2. The van der Waals surface area contributed by atoms with Crippen LogP contribution in [0.3, 0.4) is 0 Å². The molecule has 0 unspecified atom stereocenters. The number of unbranched alkanes of at least 4 members (excludes halogenated alkanes) is 7. The Labute approximate surface area is 220 Å². The number of urea groups is 1. The minimum absolute atomic E-state index is 0.220. The number of ether oxygens (including phenoxy) is 2. The number of anilines is 2. The average Bonchev–Trinajstić information content (AvgIpc) is 2.88. The molecule has 3 N–H and O–H groups in total. The second-order valence-corrected chi connectivity index (χ2v) is 9.61. The highest BCUT2D eigenvalue weighted by molar-refractivity contribution is 7.98. The molecule has 0 aliphatic carbocycles. The van der Waals surface area contributed by atoms with Gasteiger partial charge in [0.15, 0.2) is 0 Å². The van der Waals surface area contributed by atoms with Crippen molar-refractivity contribution in [2.24, 2.45) is 5.73 Å². The Balaban J connectivity index is 2.02. The summed E-state index contributed by atoms with van der Waals surface area (Å²) in [5.41, 5.74) is 7.12. The van der Waals surface area contributed by atoms with Crippen molar-refractivity contribution in [1.82, 2.24) is 5.32 Å². The quantitative estimate of drug-likeness (QED) is 0.234. The Hall–Kier alpha value is -2.87. The van der Waals surface area contributed by atoms with E-state index in [1.54, 1.807) is 42.1 Å². The fraction of sp³-hybridized carbons (Fsp3) is 0.500. The highest BCUT2D eigenvalue weighted by Gasteiger charge is 2.21. The Morgan fingerprint density at radius 3 is 2.25 bits per heavy atom. The lowest BCUT2D eigenvalue weighted by atomic mass is 10.1. The van der Waals surface area contributed by atoms with Gasteiger partial charge in [0, 0.05) is 17.9 Å². The number of rotatable bonds is 17. The zero-order valence-electron chi connectivity index (χ0n) is 21.9. The molecule has 3 amide bonds. The number of carbonyl (C=O) groups excluding carboxylic acids is 2. The zero-order chi connectivity index (χ0) is 26.2. The molecule has 2 aromatic rings. The maximum atomic E-state index is 12.6. The number of carbonyl (C=O) groups is 2. The molecule has 0 bridgehead atoms. The first-order chi connectivity index (χ1) is 17.5.